The van der Waals surface area contributed by atoms with Crippen LogP contribution in [0.25, 0.3) is 16.6 Å². The van der Waals surface area contributed by atoms with Gasteiger partial charge in [0.15, 0.2) is 23.1 Å². The summed E-state index contributed by atoms with van der Waals surface area (Å²) in [7, 11) is 2.99. The Morgan fingerprint density at radius 1 is 0.898 bits per heavy atom. The standard InChI is InChI=1S/C35H31BrF2N4O7/c1-35(2,3)49-34(45)40-18-27-24(36)15-23(33(44)42(27)21-9-6-19(37)7-10-21)32(43)41-20-8-11-29(25(38)14-20)48-28-12-13-39-26-17-31(47-5)30(46-4)16-22(26)28/h6-17H,18H2,1-5H3,(H,40,45)(H,41,43). The van der Waals surface area contributed by atoms with Crippen LogP contribution in [0.5, 0.6) is 23.0 Å². The summed E-state index contributed by atoms with van der Waals surface area (Å²) in [6.07, 6.45) is 0.775. The number of rotatable bonds is 9. The number of fused-ring (bicyclic) bond motifs is 1. The number of hydrogen-bond acceptors (Lipinski definition) is 8. The van der Waals surface area contributed by atoms with Crippen LogP contribution in [-0.4, -0.2) is 41.4 Å². The van der Waals surface area contributed by atoms with Crippen LogP contribution in [0.15, 0.2) is 82.2 Å². The number of methoxy groups -OCH3 is 2. The molecule has 14 heteroatoms. The van der Waals surface area contributed by atoms with Crippen molar-refractivity contribution in [3.8, 4) is 28.7 Å². The molecule has 0 aliphatic heterocycles. The fourth-order valence-corrected chi connectivity index (χ4v) is 5.34. The lowest BCUT2D eigenvalue weighted by molar-refractivity contribution is 0.0522. The number of nitrogens with zero attached hydrogens (tertiary/aromatic N) is 2. The van der Waals surface area contributed by atoms with E-state index in [1.807, 2.05) is 0 Å². The lowest BCUT2D eigenvalue weighted by Crippen LogP contribution is -2.35. The molecule has 3 aromatic carbocycles. The van der Waals surface area contributed by atoms with Gasteiger partial charge in [-0.3, -0.25) is 19.1 Å². The normalized spacial score (nSPS) is 11.2. The van der Waals surface area contributed by atoms with E-state index in [0.29, 0.717) is 28.2 Å². The Bertz CT molecular complexity index is 2120. The van der Waals surface area contributed by atoms with Gasteiger partial charge < -0.3 is 29.6 Å². The zero-order valence-corrected chi connectivity index (χ0v) is 28.6. The number of halogens is 3. The number of pyridine rings is 2. The van der Waals surface area contributed by atoms with E-state index in [0.717, 1.165) is 22.8 Å². The zero-order valence-electron chi connectivity index (χ0n) is 27.0. The van der Waals surface area contributed by atoms with Crippen LogP contribution in [0.1, 0.15) is 36.8 Å². The lowest BCUT2D eigenvalue weighted by Gasteiger charge is -2.21. The van der Waals surface area contributed by atoms with E-state index in [-0.39, 0.29) is 39.4 Å². The molecule has 0 aliphatic carbocycles. The highest BCUT2D eigenvalue weighted by atomic mass is 79.9. The van der Waals surface area contributed by atoms with E-state index < -0.39 is 34.8 Å². The van der Waals surface area contributed by atoms with Crippen molar-refractivity contribution in [1.82, 2.24) is 14.9 Å². The first-order valence-electron chi connectivity index (χ1n) is 14.7. The molecule has 0 fully saturated rings. The number of amides is 2. The molecule has 5 aromatic rings. The molecule has 2 amide bonds. The topological polar surface area (TPSA) is 130 Å². The molecule has 0 aliphatic rings. The number of alkyl carbamates (subject to hydrolysis) is 1. The average Bonchev–Trinajstić information content (AvgIpc) is 3.05. The Kier molecular flexibility index (Phi) is 10.2. The molecule has 0 saturated carbocycles. The second-order valence-corrected chi connectivity index (χ2v) is 12.4. The van der Waals surface area contributed by atoms with Crippen molar-refractivity contribution in [3.05, 3.63) is 111 Å². The quantitative estimate of drug-likeness (QED) is 0.159. The summed E-state index contributed by atoms with van der Waals surface area (Å²) in [5, 5.41) is 5.67. The van der Waals surface area contributed by atoms with E-state index in [9.17, 15) is 18.8 Å². The SMILES string of the molecule is COc1cc2nccc(Oc3ccc(NC(=O)c4cc(Br)c(CNC(=O)OC(C)(C)C)n(-c5ccc(F)cc5)c4=O)cc3F)c2cc1OC. The number of anilines is 1. The fourth-order valence-electron chi connectivity index (χ4n) is 4.80. The zero-order chi connectivity index (χ0) is 35.5. The molecule has 0 saturated heterocycles. The molecule has 0 atom stereocenters. The maximum absolute atomic E-state index is 15.3. The third kappa shape index (κ3) is 7.97. The minimum absolute atomic E-state index is 0.0420. The Hall–Kier alpha value is -5.50. The van der Waals surface area contributed by atoms with Crippen molar-refractivity contribution in [2.45, 2.75) is 32.9 Å². The van der Waals surface area contributed by atoms with Crippen molar-refractivity contribution in [1.29, 1.82) is 0 Å². The van der Waals surface area contributed by atoms with Crippen LogP contribution >= 0.6 is 15.9 Å². The van der Waals surface area contributed by atoms with E-state index in [4.69, 9.17) is 18.9 Å². The van der Waals surface area contributed by atoms with Crippen molar-refractivity contribution in [3.63, 3.8) is 0 Å². The number of carbonyl (C=O) groups excluding carboxylic acids is 2. The van der Waals surface area contributed by atoms with Crippen LogP contribution in [0.3, 0.4) is 0 Å². The predicted molar refractivity (Wildman–Crippen MR) is 182 cm³/mol. The highest BCUT2D eigenvalue weighted by molar-refractivity contribution is 9.10. The summed E-state index contributed by atoms with van der Waals surface area (Å²) in [6, 6.07) is 15.0. The molecular formula is C35H31BrF2N4O7. The molecule has 49 heavy (non-hydrogen) atoms. The van der Waals surface area contributed by atoms with Crippen LogP contribution in [-0.2, 0) is 11.3 Å². The van der Waals surface area contributed by atoms with Gasteiger partial charge in [-0.1, -0.05) is 0 Å². The highest BCUT2D eigenvalue weighted by Gasteiger charge is 2.22. The maximum atomic E-state index is 15.3. The van der Waals surface area contributed by atoms with Crippen LogP contribution in [0.4, 0.5) is 19.3 Å². The Balaban J connectivity index is 1.42. The van der Waals surface area contributed by atoms with E-state index >= 15 is 4.39 Å². The predicted octanol–water partition coefficient (Wildman–Crippen LogP) is 7.51. The van der Waals surface area contributed by atoms with Crippen molar-refractivity contribution >= 4 is 44.5 Å². The third-order valence-electron chi connectivity index (χ3n) is 7.00. The van der Waals surface area contributed by atoms with Gasteiger partial charge in [0.25, 0.3) is 11.5 Å². The summed E-state index contributed by atoms with van der Waals surface area (Å²) in [6.45, 7) is 4.93. The molecule has 2 N–H and O–H groups in total. The lowest BCUT2D eigenvalue weighted by atomic mass is 10.1. The number of nitrogens with one attached hydrogen (secondary N) is 2. The van der Waals surface area contributed by atoms with Gasteiger partial charge in [-0.05, 0) is 91.3 Å². The van der Waals surface area contributed by atoms with Crippen LogP contribution in [0.2, 0.25) is 0 Å². The van der Waals surface area contributed by atoms with Gasteiger partial charge in [-0.25, -0.2) is 13.6 Å². The first-order chi connectivity index (χ1) is 23.3. The molecule has 0 unspecified atom stereocenters. The number of hydrogen-bond donors (Lipinski definition) is 2. The Labute approximate surface area is 287 Å². The van der Waals surface area contributed by atoms with E-state index in [2.05, 4.69) is 31.5 Å². The van der Waals surface area contributed by atoms with E-state index in [1.165, 1.54) is 50.7 Å². The van der Waals surface area contributed by atoms with Crippen molar-refractivity contribution < 1.29 is 37.3 Å². The average molecular weight is 738 g/mol. The third-order valence-corrected chi connectivity index (χ3v) is 7.68. The first kappa shape index (κ1) is 34.8. The Morgan fingerprint density at radius 3 is 2.24 bits per heavy atom. The van der Waals surface area contributed by atoms with Gasteiger partial charge in [-0.15, -0.1) is 0 Å². The number of benzene rings is 3. The van der Waals surface area contributed by atoms with Gasteiger partial charge in [0.1, 0.15) is 22.7 Å². The van der Waals surface area contributed by atoms with Gasteiger partial charge >= 0.3 is 6.09 Å². The monoisotopic (exact) mass is 736 g/mol. The highest BCUT2D eigenvalue weighted by Crippen LogP contribution is 2.37. The van der Waals surface area contributed by atoms with Crippen LogP contribution < -0.4 is 30.4 Å². The smallest absolute Gasteiger partial charge is 0.407 e. The summed E-state index contributed by atoms with van der Waals surface area (Å²) >= 11 is 3.39. The number of carbonyl (C=O) groups is 2. The van der Waals surface area contributed by atoms with Gasteiger partial charge in [-0.2, -0.15) is 0 Å². The molecule has 2 heterocycles. The summed E-state index contributed by atoms with van der Waals surface area (Å²) < 4.78 is 52.4. The molecule has 0 radical (unpaired) electrons. The summed E-state index contributed by atoms with van der Waals surface area (Å²) in [5.74, 6) is -1.11. The summed E-state index contributed by atoms with van der Waals surface area (Å²) in [4.78, 5) is 43.9. The maximum Gasteiger partial charge on any atom is 0.407 e. The largest absolute Gasteiger partial charge is 0.493 e. The van der Waals surface area contributed by atoms with Gasteiger partial charge in [0, 0.05) is 39.6 Å². The van der Waals surface area contributed by atoms with Gasteiger partial charge in [0.2, 0.25) is 0 Å². The molecule has 2 aromatic heterocycles. The second-order valence-electron chi connectivity index (χ2n) is 11.6. The fraction of sp³-hybridized carbons (Fsp3) is 0.200. The minimum atomic E-state index is -0.845. The molecule has 254 valence electrons. The molecule has 11 nitrogen and oxygen atoms in total. The molecule has 0 spiro atoms. The molecule has 0 bridgehead atoms. The van der Waals surface area contributed by atoms with E-state index in [1.54, 1.807) is 39.0 Å². The minimum Gasteiger partial charge on any atom is -0.493 e. The van der Waals surface area contributed by atoms with Crippen LogP contribution in [0, 0.1) is 11.6 Å². The van der Waals surface area contributed by atoms with Gasteiger partial charge in [0.05, 0.1) is 32.0 Å². The first-order valence-corrected chi connectivity index (χ1v) is 15.5. The number of aromatic nitrogens is 2. The second kappa shape index (κ2) is 14.3. The molecular weight excluding hydrogens is 706 g/mol. The van der Waals surface area contributed by atoms with Crippen molar-refractivity contribution in [2.75, 3.05) is 19.5 Å². The number of ether oxygens (including phenoxy) is 4. The Morgan fingerprint density at radius 2 is 1.59 bits per heavy atom. The summed E-state index contributed by atoms with van der Waals surface area (Å²) in [5.41, 5.74) is -0.791. The molecule has 5 rings (SSSR count). The van der Waals surface area contributed by atoms with Crippen molar-refractivity contribution in [2.24, 2.45) is 0 Å².